The fraction of sp³-hybridized carbons (Fsp3) is 0.833. The van der Waals surface area contributed by atoms with Crippen LogP contribution in [-0.2, 0) is 9.59 Å². The highest BCUT2D eigenvalue weighted by atomic mass is 16.4. The molecular formula is C24H44O7. The lowest BCUT2D eigenvalue weighted by Gasteiger charge is -2.24. The number of Topliss-reactive ketones (excluding diaryl/α,β-unsaturated/α-hetero) is 2. The maximum Gasteiger partial charge on any atom is 0.229 e. The van der Waals surface area contributed by atoms with Gasteiger partial charge in [0.2, 0.25) is 11.6 Å². The predicted octanol–water partition coefficient (Wildman–Crippen LogP) is 2.60. The van der Waals surface area contributed by atoms with Gasteiger partial charge in [0.05, 0.1) is 6.61 Å². The van der Waals surface area contributed by atoms with Crippen LogP contribution in [0.15, 0.2) is 12.2 Å². The molecule has 4 atom stereocenters. The van der Waals surface area contributed by atoms with Crippen LogP contribution in [0.3, 0.4) is 0 Å². The number of ketones is 2. The molecule has 0 aliphatic carbocycles. The first kappa shape index (κ1) is 29.9. The van der Waals surface area contributed by atoms with Crippen LogP contribution in [0.1, 0.15) is 96.8 Å². The molecule has 0 saturated heterocycles. The van der Waals surface area contributed by atoms with Crippen molar-refractivity contribution in [3.8, 4) is 0 Å². The SMILES string of the molecule is CCCCCCCC/C=C\CCCCCCCC(=O)C(=O)C(O)C(O)C(O)C(O)CO. The van der Waals surface area contributed by atoms with E-state index in [9.17, 15) is 30.0 Å². The van der Waals surface area contributed by atoms with Gasteiger partial charge in [-0.05, 0) is 32.1 Å². The van der Waals surface area contributed by atoms with Gasteiger partial charge < -0.3 is 25.5 Å². The Morgan fingerprint density at radius 2 is 1.19 bits per heavy atom. The number of aliphatic hydroxyl groups excluding tert-OH is 5. The zero-order valence-electron chi connectivity index (χ0n) is 19.1. The number of rotatable bonds is 21. The third-order valence-corrected chi connectivity index (χ3v) is 5.46. The summed E-state index contributed by atoms with van der Waals surface area (Å²) in [7, 11) is 0. The summed E-state index contributed by atoms with van der Waals surface area (Å²) in [5.74, 6) is -2.00. The maximum absolute atomic E-state index is 11.9. The predicted molar refractivity (Wildman–Crippen MR) is 121 cm³/mol. The molecule has 0 aromatic rings. The summed E-state index contributed by atoms with van der Waals surface area (Å²) < 4.78 is 0. The van der Waals surface area contributed by atoms with E-state index >= 15 is 0 Å². The summed E-state index contributed by atoms with van der Waals surface area (Å²) in [6.07, 6.45) is 11.2. The van der Waals surface area contributed by atoms with E-state index in [0.717, 1.165) is 38.5 Å². The molecule has 0 heterocycles. The minimum absolute atomic E-state index is 0.0284. The van der Waals surface area contributed by atoms with Crippen LogP contribution in [0, 0.1) is 0 Å². The first-order valence-electron chi connectivity index (χ1n) is 11.9. The Bertz CT molecular complexity index is 492. The largest absolute Gasteiger partial charge is 0.394 e. The molecule has 0 aliphatic rings. The van der Waals surface area contributed by atoms with Gasteiger partial charge in [-0.1, -0.05) is 70.4 Å². The van der Waals surface area contributed by atoms with Crippen molar-refractivity contribution in [1.82, 2.24) is 0 Å². The minimum Gasteiger partial charge on any atom is -0.394 e. The van der Waals surface area contributed by atoms with Crippen molar-refractivity contribution in [3.63, 3.8) is 0 Å². The van der Waals surface area contributed by atoms with Crippen LogP contribution >= 0.6 is 0 Å². The van der Waals surface area contributed by atoms with E-state index in [0.29, 0.717) is 6.42 Å². The minimum atomic E-state index is -2.12. The van der Waals surface area contributed by atoms with Gasteiger partial charge in [-0.2, -0.15) is 0 Å². The number of unbranched alkanes of at least 4 members (excludes halogenated alkanes) is 11. The van der Waals surface area contributed by atoms with Gasteiger partial charge in [0.25, 0.3) is 0 Å². The molecule has 7 nitrogen and oxygen atoms in total. The molecule has 7 heteroatoms. The van der Waals surface area contributed by atoms with Crippen molar-refractivity contribution < 1.29 is 35.1 Å². The zero-order chi connectivity index (χ0) is 23.5. The molecule has 4 unspecified atom stereocenters. The first-order chi connectivity index (χ1) is 14.9. The standard InChI is InChI=1S/C24H44O7/c1-2-3-4-5-6-7-8-9-10-11-12-13-14-15-16-17-19(26)21(28)23(30)24(31)22(29)20(27)18-25/h9-10,20,22-25,27,29-31H,2-8,11-18H2,1H3/b10-9-. The van der Waals surface area contributed by atoms with E-state index in [1.165, 1.54) is 38.5 Å². The molecule has 0 amide bonds. The molecule has 0 aliphatic heterocycles. The summed E-state index contributed by atoms with van der Waals surface area (Å²) >= 11 is 0. The molecule has 182 valence electrons. The molecule has 0 radical (unpaired) electrons. The van der Waals surface area contributed by atoms with Crippen LogP contribution in [0.5, 0.6) is 0 Å². The smallest absolute Gasteiger partial charge is 0.229 e. The van der Waals surface area contributed by atoms with Crippen LogP contribution < -0.4 is 0 Å². The quantitative estimate of drug-likeness (QED) is 0.104. The maximum atomic E-state index is 11.9. The molecule has 5 N–H and O–H groups in total. The number of carbonyl (C=O) groups excluding carboxylic acids is 2. The van der Waals surface area contributed by atoms with E-state index in [-0.39, 0.29) is 6.42 Å². The summed E-state index contributed by atoms with van der Waals surface area (Å²) in [5.41, 5.74) is 0. The van der Waals surface area contributed by atoms with Crippen molar-refractivity contribution in [2.24, 2.45) is 0 Å². The second-order valence-electron chi connectivity index (χ2n) is 8.30. The van der Waals surface area contributed by atoms with E-state index in [4.69, 9.17) is 5.11 Å². The van der Waals surface area contributed by atoms with Crippen molar-refractivity contribution >= 4 is 11.6 Å². The van der Waals surface area contributed by atoms with E-state index in [1.54, 1.807) is 0 Å². The number of hydrogen-bond acceptors (Lipinski definition) is 7. The first-order valence-corrected chi connectivity index (χ1v) is 11.9. The highest BCUT2D eigenvalue weighted by molar-refractivity contribution is 6.38. The van der Waals surface area contributed by atoms with Gasteiger partial charge in [0, 0.05) is 6.42 Å². The number of allylic oxidation sites excluding steroid dienone is 2. The number of aliphatic hydroxyl groups is 5. The Morgan fingerprint density at radius 3 is 1.71 bits per heavy atom. The van der Waals surface area contributed by atoms with E-state index in [2.05, 4.69) is 19.1 Å². The third kappa shape index (κ3) is 14.5. The monoisotopic (exact) mass is 444 g/mol. The van der Waals surface area contributed by atoms with Gasteiger partial charge in [-0.25, -0.2) is 0 Å². The van der Waals surface area contributed by atoms with Gasteiger partial charge >= 0.3 is 0 Å². The van der Waals surface area contributed by atoms with Gasteiger partial charge in [0.15, 0.2) is 0 Å². The topological polar surface area (TPSA) is 135 Å². The summed E-state index contributed by atoms with van der Waals surface area (Å²) in [5, 5.41) is 46.9. The molecule has 0 spiro atoms. The summed E-state index contributed by atoms with van der Waals surface area (Å²) in [4.78, 5) is 23.7. The lowest BCUT2D eigenvalue weighted by Crippen LogP contribution is -2.50. The highest BCUT2D eigenvalue weighted by Crippen LogP contribution is 2.12. The van der Waals surface area contributed by atoms with Gasteiger partial charge in [-0.15, -0.1) is 0 Å². The fourth-order valence-corrected chi connectivity index (χ4v) is 3.32. The van der Waals surface area contributed by atoms with E-state index in [1.807, 2.05) is 0 Å². The Hall–Kier alpha value is -1.12. The number of carbonyl (C=O) groups is 2. The Morgan fingerprint density at radius 1 is 0.710 bits per heavy atom. The van der Waals surface area contributed by atoms with E-state index < -0.39 is 42.6 Å². The highest BCUT2D eigenvalue weighted by Gasteiger charge is 2.36. The third-order valence-electron chi connectivity index (χ3n) is 5.46. The second-order valence-corrected chi connectivity index (χ2v) is 8.30. The van der Waals surface area contributed by atoms with Crippen LogP contribution in [0.2, 0.25) is 0 Å². The van der Waals surface area contributed by atoms with Gasteiger partial charge in [-0.3, -0.25) is 9.59 Å². The summed E-state index contributed by atoms with van der Waals surface area (Å²) in [6, 6.07) is 0. The van der Waals surface area contributed by atoms with Crippen LogP contribution in [0.4, 0.5) is 0 Å². The molecule has 0 aromatic carbocycles. The zero-order valence-corrected chi connectivity index (χ0v) is 19.1. The molecular weight excluding hydrogens is 400 g/mol. The summed E-state index contributed by atoms with van der Waals surface area (Å²) in [6.45, 7) is 1.38. The second kappa shape index (κ2) is 19.6. The Labute approximate surface area is 187 Å². The number of hydrogen-bond donors (Lipinski definition) is 5. The fourth-order valence-electron chi connectivity index (χ4n) is 3.32. The van der Waals surface area contributed by atoms with Crippen molar-refractivity contribution in [2.45, 2.75) is 121 Å². The normalized spacial score (nSPS) is 15.7. The van der Waals surface area contributed by atoms with Crippen molar-refractivity contribution in [3.05, 3.63) is 12.2 Å². The Balaban J connectivity index is 3.74. The average Bonchev–Trinajstić information content (AvgIpc) is 2.78. The molecule has 0 aromatic heterocycles. The molecule has 0 fully saturated rings. The molecule has 0 rings (SSSR count). The van der Waals surface area contributed by atoms with Crippen molar-refractivity contribution in [2.75, 3.05) is 6.61 Å². The Kier molecular flexibility index (Phi) is 18.9. The molecule has 31 heavy (non-hydrogen) atoms. The lowest BCUT2D eigenvalue weighted by molar-refractivity contribution is -0.154. The van der Waals surface area contributed by atoms with Crippen molar-refractivity contribution in [1.29, 1.82) is 0 Å². The van der Waals surface area contributed by atoms with Gasteiger partial charge in [0.1, 0.15) is 24.4 Å². The van der Waals surface area contributed by atoms with Crippen LogP contribution in [0.25, 0.3) is 0 Å². The van der Waals surface area contributed by atoms with Crippen LogP contribution in [-0.4, -0.2) is 68.1 Å². The molecule has 0 bridgehead atoms. The molecule has 0 saturated carbocycles. The average molecular weight is 445 g/mol. The lowest BCUT2D eigenvalue weighted by atomic mass is 9.96.